The Kier molecular flexibility index (Phi) is 5.65. The number of nitrogens with one attached hydrogen (secondary N) is 1. The first kappa shape index (κ1) is 14.5. The molecule has 2 N–H and O–H groups in total. The summed E-state index contributed by atoms with van der Waals surface area (Å²) in [6.07, 6.45) is 0.935. The number of hydrogen-bond acceptors (Lipinski definition) is 3. The number of likely N-dealkylation sites (N-methyl/N-ethyl adjacent to an activating group) is 1. The first-order valence-corrected chi connectivity index (χ1v) is 6.31. The quantitative estimate of drug-likeness (QED) is 0.811. The largest absolute Gasteiger partial charge is 0.508 e. The SMILES string of the molecule is CCCNC(=O)CN(C)C(C)c1ccccc1O. The minimum atomic E-state index is -0.00132. The molecule has 100 valence electrons. The Morgan fingerprint density at radius 1 is 1.44 bits per heavy atom. The summed E-state index contributed by atoms with van der Waals surface area (Å²) >= 11 is 0. The van der Waals surface area contributed by atoms with Gasteiger partial charge in [0.25, 0.3) is 0 Å². The Hall–Kier alpha value is -1.55. The van der Waals surface area contributed by atoms with Crippen LogP contribution in [0, 0.1) is 0 Å². The molecule has 0 fully saturated rings. The van der Waals surface area contributed by atoms with E-state index in [1.807, 2.05) is 37.9 Å². The van der Waals surface area contributed by atoms with E-state index in [4.69, 9.17) is 0 Å². The molecular weight excluding hydrogens is 228 g/mol. The van der Waals surface area contributed by atoms with Gasteiger partial charge in [-0.2, -0.15) is 0 Å². The van der Waals surface area contributed by atoms with Crippen molar-refractivity contribution in [2.75, 3.05) is 20.1 Å². The molecule has 0 heterocycles. The highest BCUT2D eigenvalue weighted by atomic mass is 16.3. The number of benzene rings is 1. The lowest BCUT2D eigenvalue weighted by Gasteiger charge is -2.25. The van der Waals surface area contributed by atoms with Gasteiger partial charge in [0.2, 0.25) is 5.91 Å². The van der Waals surface area contributed by atoms with Crippen molar-refractivity contribution in [1.82, 2.24) is 10.2 Å². The molecule has 0 aliphatic rings. The summed E-state index contributed by atoms with van der Waals surface area (Å²) in [5.74, 6) is 0.285. The highest BCUT2D eigenvalue weighted by Crippen LogP contribution is 2.26. The predicted molar refractivity (Wildman–Crippen MR) is 72.5 cm³/mol. The van der Waals surface area contributed by atoms with E-state index < -0.39 is 0 Å². The number of para-hydroxylation sites is 1. The third-order valence-corrected chi connectivity index (χ3v) is 3.01. The van der Waals surface area contributed by atoms with Gasteiger partial charge in [-0.15, -0.1) is 0 Å². The lowest BCUT2D eigenvalue weighted by Crippen LogP contribution is -2.36. The van der Waals surface area contributed by atoms with E-state index in [1.165, 1.54) is 0 Å². The molecule has 1 amide bonds. The Bertz CT molecular complexity index is 393. The van der Waals surface area contributed by atoms with E-state index in [0.29, 0.717) is 13.1 Å². The van der Waals surface area contributed by atoms with E-state index in [2.05, 4.69) is 5.32 Å². The highest BCUT2D eigenvalue weighted by molar-refractivity contribution is 5.78. The van der Waals surface area contributed by atoms with Gasteiger partial charge < -0.3 is 10.4 Å². The van der Waals surface area contributed by atoms with Crippen molar-refractivity contribution >= 4 is 5.91 Å². The van der Waals surface area contributed by atoms with Crippen LogP contribution in [-0.4, -0.2) is 36.1 Å². The molecule has 1 unspecified atom stereocenters. The van der Waals surface area contributed by atoms with Gasteiger partial charge >= 0.3 is 0 Å². The maximum Gasteiger partial charge on any atom is 0.234 e. The number of nitrogens with zero attached hydrogens (tertiary/aromatic N) is 1. The molecule has 0 saturated heterocycles. The van der Waals surface area contributed by atoms with Crippen LogP contribution >= 0.6 is 0 Å². The maximum atomic E-state index is 11.6. The zero-order valence-corrected chi connectivity index (χ0v) is 11.3. The van der Waals surface area contributed by atoms with Crippen LogP contribution in [0.1, 0.15) is 31.9 Å². The van der Waals surface area contributed by atoms with Crippen LogP contribution in [0.15, 0.2) is 24.3 Å². The van der Waals surface area contributed by atoms with Gasteiger partial charge in [0.05, 0.1) is 6.54 Å². The van der Waals surface area contributed by atoms with Crippen molar-refractivity contribution in [3.05, 3.63) is 29.8 Å². The number of phenols is 1. The first-order chi connectivity index (χ1) is 8.56. The van der Waals surface area contributed by atoms with E-state index in [9.17, 15) is 9.90 Å². The minimum Gasteiger partial charge on any atom is -0.508 e. The van der Waals surface area contributed by atoms with Crippen LogP contribution in [0.5, 0.6) is 5.75 Å². The monoisotopic (exact) mass is 250 g/mol. The molecule has 0 spiro atoms. The predicted octanol–water partition coefficient (Wildman–Crippen LogP) is 1.91. The van der Waals surface area contributed by atoms with Crippen molar-refractivity contribution in [3.8, 4) is 5.75 Å². The van der Waals surface area contributed by atoms with Gasteiger partial charge in [-0.25, -0.2) is 0 Å². The number of carbonyl (C=O) groups is 1. The summed E-state index contributed by atoms with van der Waals surface area (Å²) in [6, 6.07) is 7.21. The van der Waals surface area contributed by atoms with Crippen LogP contribution < -0.4 is 5.32 Å². The second kappa shape index (κ2) is 7.01. The van der Waals surface area contributed by atoms with Crippen molar-refractivity contribution in [2.45, 2.75) is 26.3 Å². The molecule has 1 aromatic rings. The minimum absolute atomic E-state index is 0.00132. The van der Waals surface area contributed by atoms with Crippen molar-refractivity contribution in [3.63, 3.8) is 0 Å². The fourth-order valence-electron chi connectivity index (χ4n) is 1.76. The molecule has 0 radical (unpaired) electrons. The summed E-state index contributed by atoms with van der Waals surface area (Å²) in [4.78, 5) is 13.5. The summed E-state index contributed by atoms with van der Waals surface area (Å²) in [5, 5.41) is 12.6. The summed E-state index contributed by atoms with van der Waals surface area (Å²) in [5.41, 5.74) is 0.836. The van der Waals surface area contributed by atoms with Crippen LogP contribution in [0.4, 0.5) is 0 Å². The van der Waals surface area contributed by atoms with E-state index in [-0.39, 0.29) is 17.7 Å². The number of aromatic hydroxyl groups is 1. The molecule has 0 aliphatic carbocycles. The first-order valence-electron chi connectivity index (χ1n) is 6.31. The molecule has 0 aromatic heterocycles. The van der Waals surface area contributed by atoms with Gasteiger partial charge in [-0.1, -0.05) is 25.1 Å². The zero-order valence-electron chi connectivity index (χ0n) is 11.3. The van der Waals surface area contributed by atoms with Crippen LogP contribution in [0.25, 0.3) is 0 Å². The molecule has 4 nitrogen and oxygen atoms in total. The molecule has 1 rings (SSSR count). The Morgan fingerprint density at radius 3 is 2.72 bits per heavy atom. The molecule has 1 atom stereocenters. The van der Waals surface area contributed by atoms with Gasteiger partial charge in [-0.05, 0) is 26.5 Å². The fourth-order valence-corrected chi connectivity index (χ4v) is 1.76. The maximum absolute atomic E-state index is 11.6. The smallest absolute Gasteiger partial charge is 0.234 e. The van der Waals surface area contributed by atoms with E-state index >= 15 is 0 Å². The van der Waals surface area contributed by atoms with Gasteiger partial charge in [0.15, 0.2) is 0 Å². The van der Waals surface area contributed by atoms with Crippen LogP contribution in [-0.2, 0) is 4.79 Å². The highest BCUT2D eigenvalue weighted by Gasteiger charge is 2.16. The number of rotatable bonds is 6. The average molecular weight is 250 g/mol. The number of phenolic OH excluding ortho intramolecular Hbond substituents is 1. The molecule has 1 aromatic carbocycles. The van der Waals surface area contributed by atoms with Gasteiger partial charge in [0, 0.05) is 18.2 Å². The molecule has 0 aliphatic heterocycles. The number of carbonyl (C=O) groups excluding carboxylic acids is 1. The zero-order chi connectivity index (χ0) is 13.5. The third-order valence-electron chi connectivity index (χ3n) is 3.01. The lowest BCUT2D eigenvalue weighted by atomic mass is 10.1. The van der Waals surface area contributed by atoms with Gasteiger partial charge in [-0.3, -0.25) is 9.69 Å². The Morgan fingerprint density at radius 2 is 2.11 bits per heavy atom. The van der Waals surface area contributed by atoms with Crippen molar-refractivity contribution in [1.29, 1.82) is 0 Å². The van der Waals surface area contributed by atoms with Gasteiger partial charge in [0.1, 0.15) is 5.75 Å². The second-order valence-corrected chi connectivity index (χ2v) is 4.50. The van der Waals surface area contributed by atoms with Crippen molar-refractivity contribution < 1.29 is 9.90 Å². The number of hydrogen-bond donors (Lipinski definition) is 2. The fraction of sp³-hybridized carbons (Fsp3) is 0.500. The summed E-state index contributed by atoms with van der Waals surface area (Å²) in [7, 11) is 1.88. The van der Waals surface area contributed by atoms with Crippen LogP contribution in [0.3, 0.4) is 0 Å². The summed E-state index contributed by atoms with van der Waals surface area (Å²) in [6.45, 7) is 5.03. The molecule has 0 saturated carbocycles. The topological polar surface area (TPSA) is 52.6 Å². The summed E-state index contributed by atoms with van der Waals surface area (Å²) < 4.78 is 0. The second-order valence-electron chi connectivity index (χ2n) is 4.50. The Balaban J connectivity index is 2.59. The third kappa shape index (κ3) is 4.04. The molecule has 18 heavy (non-hydrogen) atoms. The standard InChI is InChI=1S/C14H22N2O2/c1-4-9-15-14(18)10-16(3)11(2)12-7-5-6-8-13(12)17/h5-8,11,17H,4,9-10H2,1-3H3,(H,15,18). The average Bonchev–Trinajstić information content (AvgIpc) is 2.36. The lowest BCUT2D eigenvalue weighted by molar-refractivity contribution is -0.122. The van der Waals surface area contributed by atoms with E-state index in [0.717, 1.165) is 12.0 Å². The molecular formula is C14H22N2O2. The molecule has 0 bridgehead atoms. The number of amides is 1. The Labute approximate surface area is 109 Å². The van der Waals surface area contributed by atoms with E-state index in [1.54, 1.807) is 12.1 Å². The van der Waals surface area contributed by atoms with Crippen molar-refractivity contribution in [2.24, 2.45) is 0 Å². The molecule has 4 heteroatoms. The normalized spacial score (nSPS) is 12.4. The van der Waals surface area contributed by atoms with Crippen LogP contribution in [0.2, 0.25) is 0 Å².